The second-order valence-electron chi connectivity index (χ2n) is 5.35. The summed E-state index contributed by atoms with van der Waals surface area (Å²) in [6.45, 7) is 3.96. The fourth-order valence-electron chi connectivity index (χ4n) is 2.56. The molecule has 1 aromatic heterocycles. The van der Waals surface area contributed by atoms with Crippen LogP contribution in [0.4, 0.5) is 0 Å². The van der Waals surface area contributed by atoms with E-state index in [1.807, 2.05) is 6.92 Å². The average molecular weight is 325 g/mol. The van der Waals surface area contributed by atoms with Crippen molar-refractivity contribution < 1.29 is 8.42 Å². The standard InChI is InChI=1S/C12H18Cl2N2O2S/c1-3-4-10-9(7-13)11(14)16(15-10)12(2)5-6-19(17,18)8-12/h3-8H2,1-2H3. The number of aromatic nitrogens is 2. The third-order valence-corrected chi connectivity index (χ3v) is 6.16. The first kappa shape index (κ1) is 15.1. The maximum absolute atomic E-state index is 11.7. The lowest BCUT2D eigenvalue weighted by molar-refractivity contribution is 0.327. The van der Waals surface area contributed by atoms with Crippen molar-refractivity contribution in [2.24, 2.45) is 0 Å². The van der Waals surface area contributed by atoms with Crippen LogP contribution < -0.4 is 0 Å². The van der Waals surface area contributed by atoms with Crippen molar-refractivity contribution >= 4 is 33.0 Å². The van der Waals surface area contributed by atoms with Crippen LogP contribution in [0.5, 0.6) is 0 Å². The molecule has 0 saturated carbocycles. The van der Waals surface area contributed by atoms with Crippen molar-refractivity contribution in [1.29, 1.82) is 0 Å². The van der Waals surface area contributed by atoms with Crippen LogP contribution in [-0.4, -0.2) is 29.7 Å². The van der Waals surface area contributed by atoms with Crippen molar-refractivity contribution in [3.8, 4) is 0 Å². The van der Waals surface area contributed by atoms with E-state index in [9.17, 15) is 8.42 Å². The Hall–Kier alpha value is -0.260. The third-order valence-electron chi connectivity index (χ3n) is 3.62. The molecule has 0 amide bonds. The zero-order valence-corrected chi connectivity index (χ0v) is 13.4. The molecule has 0 N–H and O–H groups in total. The van der Waals surface area contributed by atoms with Crippen LogP contribution in [0.15, 0.2) is 0 Å². The molecule has 19 heavy (non-hydrogen) atoms. The fourth-order valence-corrected chi connectivity index (χ4v) is 5.44. The molecular formula is C12H18Cl2N2O2S. The van der Waals surface area contributed by atoms with Crippen LogP contribution in [0.25, 0.3) is 0 Å². The molecule has 7 heteroatoms. The molecule has 1 atom stereocenters. The van der Waals surface area contributed by atoms with Crippen LogP contribution in [-0.2, 0) is 27.7 Å². The van der Waals surface area contributed by atoms with E-state index in [1.54, 1.807) is 4.68 Å². The van der Waals surface area contributed by atoms with Crippen molar-refractivity contribution in [2.45, 2.75) is 44.5 Å². The first-order valence-electron chi connectivity index (χ1n) is 6.36. The molecule has 4 nitrogen and oxygen atoms in total. The molecule has 1 aliphatic heterocycles. The van der Waals surface area contributed by atoms with Gasteiger partial charge in [-0.05, 0) is 19.8 Å². The molecule has 0 radical (unpaired) electrons. The number of aryl methyl sites for hydroxylation is 1. The SMILES string of the molecule is CCCc1nn(C2(C)CCS(=O)(=O)C2)c(Cl)c1CCl. The minimum absolute atomic E-state index is 0.0920. The maximum atomic E-state index is 11.7. The van der Waals surface area contributed by atoms with Crippen LogP contribution in [0.1, 0.15) is 37.9 Å². The number of hydrogen-bond donors (Lipinski definition) is 0. The first-order chi connectivity index (χ1) is 8.83. The molecule has 2 heterocycles. The summed E-state index contributed by atoms with van der Waals surface area (Å²) in [6.07, 6.45) is 2.30. The van der Waals surface area contributed by atoms with E-state index < -0.39 is 15.4 Å². The fraction of sp³-hybridized carbons (Fsp3) is 0.750. The van der Waals surface area contributed by atoms with Gasteiger partial charge >= 0.3 is 0 Å². The van der Waals surface area contributed by atoms with Crippen LogP contribution in [0.2, 0.25) is 5.15 Å². The van der Waals surface area contributed by atoms with Gasteiger partial charge < -0.3 is 0 Å². The van der Waals surface area contributed by atoms with Crippen molar-refractivity contribution in [2.75, 3.05) is 11.5 Å². The van der Waals surface area contributed by atoms with Gasteiger partial charge in [-0.3, -0.25) is 0 Å². The van der Waals surface area contributed by atoms with Gasteiger partial charge in [0.05, 0.1) is 28.6 Å². The Kier molecular flexibility index (Phi) is 4.19. The minimum atomic E-state index is -2.99. The molecule has 2 rings (SSSR count). The third kappa shape index (κ3) is 2.78. The summed E-state index contributed by atoms with van der Waals surface area (Å²) in [5, 5.41) is 5.01. The quantitative estimate of drug-likeness (QED) is 0.800. The Morgan fingerprint density at radius 1 is 1.47 bits per heavy atom. The average Bonchev–Trinajstić information content (AvgIpc) is 2.78. The van der Waals surface area contributed by atoms with Gasteiger partial charge in [0.15, 0.2) is 9.84 Å². The zero-order valence-electron chi connectivity index (χ0n) is 11.1. The molecule has 0 spiro atoms. The topological polar surface area (TPSA) is 52.0 Å². The highest BCUT2D eigenvalue weighted by atomic mass is 35.5. The van der Waals surface area contributed by atoms with Gasteiger partial charge in [-0.1, -0.05) is 24.9 Å². The Morgan fingerprint density at radius 2 is 2.16 bits per heavy atom. The maximum Gasteiger partial charge on any atom is 0.152 e. The number of hydrogen-bond acceptors (Lipinski definition) is 3. The van der Waals surface area contributed by atoms with E-state index in [0.29, 0.717) is 17.5 Å². The number of rotatable bonds is 4. The number of nitrogens with zero attached hydrogens (tertiary/aromatic N) is 2. The van der Waals surface area contributed by atoms with Gasteiger partial charge in [-0.25, -0.2) is 13.1 Å². The van der Waals surface area contributed by atoms with Gasteiger partial charge in [-0.2, -0.15) is 5.10 Å². The summed E-state index contributed by atoms with van der Waals surface area (Å²) in [4.78, 5) is 0. The van der Waals surface area contributed by atoms with Crippen LogP contribution in [0, 0.1) is 0 Å². The predicted molar refractivity (Wildman–Crippen MR) is 77.7 cm³/mol. The highest BCUT2D eigenvalue weighted by molar-refractivity contribution is 7.91. The highest BCUT2D eigenvalue weighted by Crippen LogP contribution is 2.35. The molecule has 1 aliphatic rings. The van der Waals surface area contributed by atoms with Crippen LogP contribution >= 0.6 is 23.2 Å². The molecule has 108 valence electrons. The van der Waals surface area contributed by atoms with E-state index in [0.717, 1.165) is 24.1 Å². The lowest BCUT2D eigenvalue weighted by Gasteiger charge is -2.23. The Bertz CT molecular complexity index is 583. The molecule has 1 saturated heterocycles. The lowest BCUT2D eigenvalue weighted by Crippen LogP contribution is -2.32. The number of alkyl halides is 1. The Balaban J connectivity index is 2.46. The Labute approximate surface area is 124 Å². The molecular weight excluding hydrogens is 307 g/mol. The number of sulfone groups is 1. The lowest BCUT2D eigenvalue weighted by atomic mass is 10.0. The molecule has 0 aliphatic carbocycles. The summed E-state index contributed by atoms with van der Waals surface area (Å²) >= 11 is 12.3. The first-order valence-corrected chi connectivity index (χ1v) is 9.09. The summed E-state index contributed by atoms with van der Waals surface area (Å²) in [5.74, 6) is 0.588. The molecule has 0 bridgehead atoms. The summed E-state index contributed by atoms with van der Waals surface area (Å²) in [5.41, 5.74) is 1.16. The predicted octanol–water partition coefficient (Wildman–Crippen LogP) is 2.76. The van der Waals surface area contributed by atoms with E-state index >= 15 is 0 Å². The van der Waals surface area contributed by atoms with Crippen molar-refractivity contribution in [3.05, 3.63) is 16.4 Å². The molecule has 0 aromatic carbocycles. The van der Waals surface area contributed by atoms with E-state index in [2.05, 4.69) is 12.0 Å². The second-order valence-corrected chi connectivity index (χ2v) is 8.16. The zero-order chi connectivity index (χ0) is 14.3. The van der Waals surface area contributed by atoms with E-state index in [1.165, 1.54) is 0 Å². The van der Waals surface area contributed by atoms with Crippen molar-refractivity contribution in [1.82, 2.24) is 9.78 Å². The summed E-state index contributed by atoms with van der Waals surface area (Å²) in [7, 11) is -2.99. The van der Waals surface area contributed by atoms with Crippen molar-refractivity contribution in [3.63, 3.8) is 0 Å². The smallest absolute Gasteiger partial charge is 0.152 e. The van der Waals surface area contributed by atoms with Gasteiger partial charge in [-0.15, -0.1) is 11.6 Å². The van der Waals surface area contributed by atoms with E-state index in [-0.39, 0.29) is 11.5 Å². The second kappa shape index (κ2) is 5.26. The van der Waals surface area contributed by atoms with Crippen LogP contribution in [0.3, 0.4) is 0 Å². The molecule has 1 aromatic rings. The summed E-state index contributed by atoms with van der Waals surface area (Å²) < 4.78 is 25.1. The van der Waals surface area contributed by atoms with Gasteiger partial charge in [0.25, 0.3) is 0 Å². The number of halogens is 2. The highest BCUT2D eigenvalue weighted by Gasteiger charge is 2.42. The largest absolute Gasteiger partial charge is 0.247 e. The minimum Gasteiger partial charge on any atom is -0.247 e. The summed E-state index contributed by atoms with van der Waals surface area (Å²) in [6, 6.07) is 0. The monoisotopic (exact) mass is 324 g/mol. The molecule has 1 unspecified atom stereocenters. The van der Waals surface area contributed by atoms with E-state index in [4.69, 9.17) is 23.2 Å². The Morgan fingerprint density at radius 3 is 2.63 bits per heavy atom. The van der Waals surface area contributed by atoms with Gasteiger partial charge in [0.2, 0.25) is 0 Å². The van der Waals surface area contributed by atoms with Gasteiger partial charge in [0, 0.05) is 5.56 Å². The molecule has 1 fully saturated rings. The normalized spacial score (nSPS) is 25.9. The van der Waals surface area contributed by atoms with Gasteiger partial charge in [0.1, 0.15) is 5.15 Å².